The van der Waals surface area contributed by atoms with Crippen LogP contribution in [-0.2, 0) is 9.53 Å². The van der Waals surface area contributed by atoms with Crippen LogP contribution in [0, 0.1) is 5.92 Å². The molecule has 1 aromatic carbocycles. The molecule has 0 N–H and O–H groups in total. The minimum Gasteiger partial charge on any atom is -0.469 e. The number of methoxy groups -OCH3 is 1. The molecule has 2 rings (SSSR count). The van der Waals surface area contributed by atoms with Crippen molar-refractivity contribution in [3.8, 4) is 0 Å². The average molecular weight is 219 g/mol. The molecule has 0 amide bonds. The molecule has 0 spiro atoms. The number of nitrogens with zero attached hydrogens (tertiary/aromatic N) is 1. The summed E-state index contributed by atoms with van der Waals surface area (Å²) in [6.45, 7) is 1.70. The van der Waals surface area contributed by atoms with Gasteiger partial charge in [0.05, 0.1) is 13.0 Å². The third-order valence-electron chi connectivity index (χ3n) is 3.23. The van der Waals surface area contributed by atoms with Gasteiger partial charge in [0.15, 0.2) is 0 Å². The molecule has 0 bridgehead atoms. The van der Waals surface area contributed by atoms with Gasteiger partial charge >= 0.3 is 5.97 Å². The molecule has 1 aliphatic rings. The van der Waals surface area contributed by atoms with Crippen LogP contribution in [0.1, 0.15) is 11.5 Å². The summed E-state index contributed by atoms with van der Waals surface area (Å²) in [5.41, 5.74) is 1.22. The fourth-order valence-electron chi connectivity index (χ4n) is 2.43. The van der Waals surface area contributed by atoms with E-state index in [4.69, 9.17) is 4.74 Å². The lowest BCUT2D eigenvalue weighted by molar-refractivity contribution is -0.145. The number of likely N-dealkylation sites (tertiary alicyclic amines) is 1. The predicted molar refractivity (Wildman–Crippen MR) is 62.2 cm³/mol. The van der Waals surface area contributed by atoms with E-state index in [0.29, 0.717) is 0 Å². The van der Waals surface area contributed by atoms with Gasteiger partial charge in [-0.05, 0) is 12.6 Å². The van der Waals surface area contributed by atoms with Crippen molar-refractivity contribution >= 4 is 5.97 Å². The van der Waals surface area contributed by atoms with E-state index < -0.39 is 0 Å². The van der Waals surface area contributed by atoms with E-state index in [0.717, 1.165) is 13.1 Å². The first-order valence-electron chi connectivity index (χ1n) is 5.53. The zero-order chi connectivity index (χ0) is 11.5. The largest absolute Gasteiger partial charge is 0.469 e. The normalized spacial score (nSPS) is 25.6. The van der Waals surface area contributed by atoms with E-state index in [-0.39, 0.29) is 17.8 Å². The maximum absolute atomic E-state index is 11.7. The molecular formula is C13H17NO2. The van der Waals surface area contributed by atoms with Gasteiger partial charge in [0.1, 0.15) is 0 Å². The Morgan fingerprint density at radius 2 is 2.00 bits per heavy atom. The molecule has 1 aliphatic heterocycles. The Bertz CT molecular complexity index is 363. The maximum atomic E-state index is 11.7. The van der Waals surface area contributed by atoms with E-state index in [1.807, 2.05) is 25.2 Å². The fraction of sp³-hybridized carbons (Fsp3) is 0.462. The number of hydrogen-bond donors (Lipinski definition) is 0. The highest BCUT2D eigenvalue weighted by molar-refractivity contribution is 5.74. The summed E-state index contributed by atoms with van der Waals surface area (Å²) in [5, 5.41) is 0. The average Bonchev–Trinajstić information content (AvgIpc) is 2.71. The first-order valence-corrected chi connectivity index (χ1v) is 5.53. The lowest BCUT2D eigenvalue weighted by atomic mass is 9.89. The quantitative estimate of drug-likeness (QED) is 0.706. The molecule has 3 nitrogen and oxygen atoms in total. The van der Waals surface area contributed by atoms with Crippen LogP contribution in [0.4, 0.5) is 0 Å². The molecule has 1 aromatic rings. The molecule has 1 fully saturated rings. The SMILES string of the molecule is COC(=O)[C@@H]1CN(C)C[C@H]1c1ccccc1. The smallest absolute Gasteiger partial charge is 0.310 e. The standard InChI is InChI=1S/C13H17NO2/c1-14-8-11(10-6-4-3-5-7-10)12(9-14)13(15)16-2/h3-7,11-12H,8-9H2,1-2H3/t11-,12+/m0/s1. The van der Waals surface area contributed by atoms with Gasteiger partial charge in [0, 0.05) is 19.0 Å². The predicted octanol–water partition coefficient (Wildman–Crippen LogP) is 1.50. The van der Waals surface area contributed by atoms with Crippen LogP contribution in [0.2, 0.25) is 0 Å². The third-order valence-corrected chi connectivity index (χ3v) is 3.23. The molecule has 1 heterocycles. The minimum atomic E-state index is -0.0989. The monoisotopic (exact) mass is 219 g/mol. The summed E-state index contributed by atoms with van der Waals surface area (Å²) < 4.78 is 4.87. The summed E-state index contributed by atoms with van der Waals surface area (Å²) in [6.07, 6.45) is 0. The molecule has 0 radical (unpaired) electrons. The van der Waals surface area contributed by atoms with Gasteiger partial charge in [-0.25, -0.2) is 0 Å². The Hall–Kier alpha value is -1.35. The second-order valence-electron chi connectivity index (χ2n) is 4.37. The first-order chi connectivity index (χ1) is 7.72. The van der Waals surface area contributed by atoms with Crippen molar-refractivity contribution in [1.82, 2.24) is 4.90 Å². The number of esters is 1. The number of carbonyl (C=O) groups is 1. The van der Waals surface area contributed by atoms with Crippen molar-refractivity contribution in [3.63, 3.8) is 0 Å². The van der Waals surface area contributed by atoms with Gasteiger partial charge < -0.3 is 9.64 Å². The molecule has 1 saturated heterocycles. The summed E-state index contributed by atoms with van der Waals surface area (Å²) >= 11 is 0. The van der Waals surface area contributed by atoms with Crippen molar-refractivity contribution in [2.75, 3.05) is 27.2 Å². The molecule has 0 unspecified atom stereocenters. The first kappa shape index (κ1) is 11.1. The van der Waals surface area contributed by atoms with E-state index in [2.05, 4.69) is 17.0 Å². The lowest BCUT2D eigenvalue weighted by Gasteiger charge is -2.16. The second kappa shape index (κ2) is 4.66. The maximum Gasteiger partial charge on any atom is 0.310 e. The van der Waals surface area contributed by atoms with E-state index >= 15 is 0 Å². The van der Waals surface area contributed by atoms with Crippen molar-refractivity contribution in [1.29, 1.82) is 0 Å². The van der Waals surface area contributed by atoms with Crippen LogP contribution in [0.3, 0.4) is 0 Å². The summed E-state index contributed by atoms with van der Waals surface area (Å²) in [6, 6.07) is 10.2. The van der Waals surface area contributed by atoms with E-state index in [1.54, 1.807) is 0 Å². The van der Waals surface area contributed by atoms with Gasteiger partial charge in [0.2, 0.25) is 0 Å². The Morgan fingerprint density at radius 1 is 1.31 bits per heavy atom. The van der Waals surface area contributed by atoms with Gasteiger partial charge in [-0.1, -0.05) is 30.3 Å². The number of benzene rings is 1. The zero-order valence-electron chi connectivity index (χ0n) is 9.72. The summed E-state index contributed by atoms with van der Waals surface area (Å²) in [4.78, 5) is 13.9. The van der Waals surface area contributed by atoms with Gasteiger partial charge in [-0.15, -0.1) is 0 Å². The molecule has 0 saturated carbocycles. The number of hydrogen-bond acceptors (Lipinski definition) is 3. The lowest BCUT2D eigenvalue weighted by Crippen LogP contribution is -2.23. The van der Waals surface area contributed by atoms with Crippen molar-refractivity contribution in [2.24, 2.45) is 5.92 Å². The van der Waals surface area contributed by atoms with Crippen LogP contribution in [0.15, 0.2) is 30.3 Å². The third kappa shape index (κ3) is 2.09. The van der Waals surface area contributed by atoms with Crippen LogP contribution in [-0.4, -0.2) is 38.1 Å². The number of carbonyl (C=O) groups excluding carboxylic acids is 1. The Labute approximate surface area is 96.0 Å². The Balaban J connectivity index is 2.22. The van der Waals surface area contributed by atoms with Crippen LogP contribution < -0.4 is 0 Å². The van der Waals surface area contributed by atoms with Crippen LogP contribution in [0.5, 0.6) is 0 Å². The Morgan fingerprint density at radius 3 is 2.62 bits per heavy atom. The molecule has 3 heteroatoms. The topological polar surface area (TPSA) is 29.5 Å². The van der Waals surface area contributed by atoms with Gasteiger partial charge in [-0.3, -0.25) is 4.79 Å². The van der Waals surface area contributed by atoms with Crippen LogP contribution >= 0.6 is 0 Å². The fourth-order valence-corrected chi connectivity index (χ4v) is 2.43. The molecule has 0 aliphatic carbocycles. The minimum absolute atomic E-state index is 0.0302. The molecule has 2 atom stereocenters. The molecule has 0 aromatic heterocycles. The molecule has 16 heavy (non-hydrogen) atoms. The van der Waals surface area contributed by atoms with Crippen molar-refractivity contribution in [3.05, 3.63) is 35.9 Å². The van der Waals surface area contributed by atoms with Crippen molar-refractivity contribution < 1.29 is 9.53 Å². The second-order valence-corrected chi connectivity index (χ2v) is 4.37. The Kier molecular flexibility index (Phi) is 3.25. The van der Waals surface area contributed by atoms with Gasteiger partial charge in [0.25, 0.3) is 0 Å². The zero-order valence-corrected chi connectivity index (χ0v) is 9.72. The highest BCUT2D eigenvalue weighted by Crippen LogP contribution is 2.32. The van der Waals surface area contributed by atoms with Gasteiger partial charge in [-0.2, -0.15) is 0 Å². The highest BCUT2D eigenvalue weighted by atomic mass is 16.5. The van der Waals surface area contributed by atoms with Crippen LogP contribution in [0.25, 0.3) is 0 Å². The van der Waals surface area contributed by atoms with E-state index in [9.17, 15) is 4.79 Å². The number of likely N-dealkylation sites (N-methyl/N-ethyl adjacent to an activating group) is 1. The van der Waals surface area contributed by atoms with E-state index in [1.165, 1.54) is 12.7 Å². The number of rotatable bonds is 2. The number of ether oxygens (including phenoxy) is 1. The summed E-state index contributed by atoms with van der Waals surface area (Å²) in [5.74, 6) is 0.134. The molecular weight excluding hydrogens is 202 g/mol. The molecule has 86 valence electrons. The van der Waals surface area contributed by atoms with Crippen molar-refractivity contribution in [2.45, 2.75) is 5.92 Å². The highest BCUT2D eigenvalue weighted by Gasteiger charge is 2.37. The summed E-state index contributed by atoms with van der Waals surface area (Å²) in [7, 11) is 3.50.